The molecule has 0 atom stereocenters. The number of aryl methyl sites for hydroxylation is 3. The van der Waals surface area contributed by atoms with Crippen LogP contribution < -0.4 is 0 Å². The molecule has 1 aromatic carbocycles. The Morgan fingerprint density at radius 2 is 1.85 bits per heavy atom. The number of rotatable bonds is 3. The van der Waals surface area contributed by atoms with Gasteiger partial charge in [0.1, 0.15) is 15.7 Å². The third-order valence-corrected chi connectivity index (χ3v) is 6.53. The Bertz CT molecular complexity index is 1110. The van der Waals surface area contributed by atoms with E-state index in [1.54, 1.807) is 16.2 Å². The minimum Gasteiger partial charge on any atom is -0.334 e. The second-order valence-corrected chi connectivity index (χ2v) is 8.44. The molecule has 0 aliphatic heterocycles. The van der Waals surface area contributed by atoms with Gasteiger partial charge in [0.2, 0.25) is 0 Å². The molecule has 3 aromatic heterocycles. The first-order chi connectivity index (χ1) is 12.4. The van der Waals surface area contributed by atoms with Crippen LogP contribution in [-0.2, 0) is 6.54 Å². The molecule has 1 amide bonds. The van der Waals surface area contributed by atoms with Crippen LogP contribution in [-0.4, -0.2) is 32.8 Å². The van der Waals surface area contributed by atoms with Crippen LogP contribution in [0.15, 0.2) is 24.3 Å². The van der Waals surface area contributed by atoms with Gasteiger partial charge in [-0.25, -0.2) is 15.0 Å². The van der Waals surface area contributed by atoms with Crippen LogP contribution in [0.3, 0.4) is 0 Å². The minimum atomic E-state index is 0.00168. The van der Waals surface area contributed by atoms with Gasteiger partial charge in [-0.2, -0.15) is 0 Å². The molecule has 4 aromatic rings. The van der Waals surface area contributed by atoms with Gasteiger partial charge < -0.3 is 4.90 Å². The van der Waals surface area contributed by atoms with E-state index in [1.165, 1.54) is 11.3 Å². The summed E-state index contributed by atoms with van der Waals surface area (Å²) in [5.41, 5.74) is 2.87. The predicted octanol–water partition coefficient (Wildman–Crippen LogP) is 4.50. The highest BCUT2D eigenvalue weighted by atomic mass is 32.1. The lowest BCUT2D eigenvalue weighted by Crippen LogP contribution is -2.25. The molecule has 0 saturated carbocycles. The summed E-state index contributed by atoms with van der Waals surface area (Å²) in [5.74, 6) is 0.736. The molecule has 4 rings (SSSR count). The van der Waals surface area contributed by atoms with E-state index < -0.39 is 0 Å². The Morgan fingerprint density at radius 3 is 2.62 bits per heavy atom. The fourth-order valence-corrected chi connectivity index (χ4v) is 5.41. The molecular weight excluding hydrogens is 364 g/mol. The normalized spacial score (nSPS) is 11.4. The van der Waals surface area contributed by atoms with Gasteiger partial charge in [-0.15, -0.1) is 22.7 Å². The van der Waals surface area contributed by atoms with Crippen molar-refractivity contribution >= 4 is 49.0 Å². The fraction of sp³-hybridized carbons (Fsp3) is 0.263. The summed E-state index contributed by atoms with van der Waals surface area (Å²) in [6.45, 7) is 6.32. The molecule has 0 aliphatic rings. The number of carbonyl (C=O) groups is 1. The summed E-state index contributed by atoms with van der Waals surface area (Å²) in [5, 5.41) is 1.94. The molecule has 5 nitrogen and oxygen atoms in total. The monoisotopic (exact) mass is 382 g/mol. The van der Waals surface area contributed by atoms with E-state index in [1.807, 2.05) is 46.0 Å². The van der Waals surface area contributed by atoms with E-state index in [0.29, 0.717) is 6.54 Å². The number of para-hydroxylation sites is 1. The van der Waals surface area contributed by atoms with Crippen molar-refractivity contribution in [2.45, 2.75) is 27.3 Å². The highest BCUT2D eigenvalue weighted by Crippen LogP contribution is 2.32. The highest BCUT2D eigenvalue weighted by Gasteiger charge is 2.22. The number of nitrogens with zero attached hydrogens (tertiary/aromatic N) is 4. The van der Waals surface area contributed by atoms with Gasteiger partial charge in [-0.05, 0) is 38.5 Å². The van der Waals surface area contributed by atoms with Gasteiger partial charge in [-0.3, -0.25) is 4.79 Å². The standard InChI is InChI=1S/C19H18N4OS2/c1-10-16-11(2)20-12(3)21-18(16)26-17(10)19(24)23(4)9-15-22-13-7-5-6-8-14(13)25-15/h5-8H,9H2,1-4H3. The van der Waals surface area contributed by atoms with Gasteiger partial charge >= 0.3 is 0 Å². The van der Waals surface area contributed by atoms with Crippen molar-refractivity contribution in [1.29, 1.82) is 0 Å². The van der Waals surface area contributed by atoms with Crippen LogP contribution in [0.2, 0.25) is 0 Å². The van der Waals surface area contributed by atoms with Crippen molar-refractivity contribution in [2.75, 3.05) is 7.05 Å². The summed E-state index contributed by atoms with van der Waals surface area (Å²) >= 11 is 3.07. The number of hydrogen-bond acceptors (Lipinski definition) is 6. The number of thiophene rings is 1. The lowest BCUT2D eigenvalue weighted by molar-refractivity contribution is 0.0789. The predicted molar refractivity (Wildman–Crippen MR) is 107 cm³/mol. The molecule has 7 heteroatoms. The lowest BCUT2D eigenvalue weighted by Gasteiger charge is -2.15. The van der Waals surface area contributed by atoms with Gasteiger partial charge in [0.05, 0.1) is 21.6 Å². The maximum Gasteiger partial charge on any atom is 0.264 e. The summed E-state index contributed by atoms with van der Waals surface area (Å²) in [7, 11) is 1.82. The Hall–Kier alpha value is -2.38. The lowest BCUT2D eigenvalue weighted by atomic mass is 10.1. The average Bonchev–Trinajstić information content (AvgIpc) is 3.14. The molecule has 132 valence electrons. The van der Waals surface area contributed by atoms with Crippen LogP contribution in [0, 0.1) is 20.8 Å². The Labute approximate surface area is 159 Å². The number of amides is 1. The third-order valence-electron chi connectivity index (χ3n) is 4.33. The SMILES string of the molecule is Cc1nc(C)c2c(C)c(C(=O)N(C)Cc3nc4ccccc4s3)sc2n1. The molecule has 0 aliphatic carbocycles. The van der Waals surface area contributed by atoms with Crippen LogP contribution in [0.5, 0.6) is 0 Å². The van der Waals surface area contributed by atoms with Gasteiger partial charge in [-0.1, -0.05) is 12.1 Å². The molecule has 0 fully saturated rings. The molecule has 3 heterocycles. The zero-order valence-electron chi connectivity index (χ0n) is 15.0. The summed E-state index contributed by atoms with van der Waals surface area (Å²) in [6.07, 6.45) is 0. The molecule has 0 spiro atoms. The highest BCUT2D eigenvalue weighted by molar-refractivity contribution is 7.20. The maximum atomic E-state index is 13.0. The number of fused-ring (bicyclic) bond motifs is 2. The van der Waals surface area contributed by atoms with E-state index in [0.717, 1.165) is 47.4 Å². The molecule has 0 unspecified atom stereocenters. The first-order valence-corrected chi connectivity index (χ1v) is 9.91. The zero-order valence-corrected chi connectivity index (χ0v) is 16.7. The van der Waals surface area contributed by atoms with Crippen molar-refractivity contribution in [1.82, 2.24) is 19.9 Å². The largest absolute Gasteiger partial charge is 0.334 e. The van der Waals surface area contributed by atoms with Crippen molar-refractivity contribution in [3.8, 4) is 0 Å². The van der Waals surface area contributed by atoms with Crippen LogP contribution in [0.4, 0.5) is 0 Å². The summed E-state index contributed by atoms with van der Waals surface area (Å²) < 4.78 is 1.14. The van der Waals surface area contributed by atoms with E-state index in [4.69, 9.17) is 0 Å². The van der Waals surface area contributed by atoms with Crippen molar-refractivity contribution in [2.24, 2.45) is 0 Å². The van der Waals surface area contributed by atoms with E-state index in [9.17, 15) is 4.79 Å². The quantitative estimate of drug-likeness (QED) is 0.523. The number of benzene rings is 1. The molecule has 26 heavy (non-hydrogen) atoms. The summed E-state index contributed by atoms with van der Waals surface area (Å²) in [6, 6.07) is 8.03. The topological polar surface area (TPSA) is 59.0 Å². The third kappa shape index (κ3) is 2.87. The summed E-state index contributed by atoms with van der Waals surface area (Å²) in [4.78, 5) is 29.9. The fourth-order valence-electron chi connectivity index (χ4n) is 3.11. The van der Waals surface area contributed by atoms with Crippen LogP contribution in [0.1, 0.15) is 31.8 Å². The Balaban J connectivity index is 1.65. The number of aromatic nitrogens is 3. The first-order valence-electron chi connectivity index (χ1n) is 8.28. The van der Waals surface area contributed by atoms with Gasteiger partial charge in [0, 0.05) is 18.1 Å². The van der Waals surface area contributed by atoms with Crippen molar-refractivity contribution in [3.63, 3.8) is 0 Å². The zero-order chi connectivity index (χ0) is 18.4. The Morgan fingerprint density at radius 1 is 1.08 bits per heavy atom. The van der Waals surface area contributed by atoms with E-state index >= 15 is 0 Å². The van der Waals surface area contributed by atoms with E-state index in [2.05, 4.69) is 21.0 Å². The van der Waals surface area contributed by atoms with Gasteiger partial charge in [0.25, 0.3) is 5.91 Å². The van der Waals surface area contributed by atoms with Crippen LogP contribution >= 0.6 is 22.7 Å². The molecule has 0 saturated heterocycles. The Kier molecular flexibility index (Phi) is 4.20. The first kappa shape index (κ1) is 17.1. The van der Waals surface area contributed by atoms with Crippen molar-refractivity contribution < 1.29 is 4.79 Å². The molecule has 0 bridgehead atoms. The molecule has 0 N–H and O–H groups in total. The smallest absolute Gasteiger partial charge is 0.264 e. The second kappa shape index (κ2) is 6.41. The van der Waals surface area contributed by atoms with E-state index in [-0.39, 0.29) is 5.91 Å². The maximum absolute atomic E-state index is 13.0. The van der Waals surface area contributed by atoms with Gasteiger partial charge in [0.15, 0.2) is 0 Å². The number of thiazole rings is 1. The molecular formula is C19H18N4OS2. The van der Waals surface area contributed by atoms with Crippen molar-refractivity contribution in [3.05, 3.63) is 51.2 Å². The minimum absolute atomic E-state index is 0.00168. The molecule has 0 radical (unpaired) electrons. The van der Waals surface area contributed by atoms with Crippen LogP contribution in [0.25, 0.3) is 20.4 Å². The number of hydrogen-bond donors (Lipinski definition) is 0. The average molecular weight is 383 g/mol. The number of carbonyl (C=O) groups excluding carboxylic acids is 1. The second-order valence-electron chi connectivity index (χ2n) is 6.33.